The SMILES string of the molecule is O=C(C=CN1CCOCC1)C=CN1CCOCC1. The highest BCUT2D eigenvalue weighted by molar-refractivity contribution is 5.98. The minimum atomic E-state index is 0.0213. The molecular weight excluding hydrogens is 232 g/mol. The normalized spacial score (nSPS) is 22.0. The van der Waals surface area contributed by atoms with Gasteiger partial charge in [0.25, 0.3) is 0 Å². The number of carbonyl (C=O) groups excluding carboxylic acids is 1. The minimum absolute atomic E-state index is 0.0213. The molecule has 0 radical (unpaired) electrons. The number of hydrogen-bond acceptors (Lipinski definition) is 5. The Morgan fingerprint density at radius 2 is 1.17 bits per heavy atom. The van der Waals surface area contributed by atoms with E-state index in [1.807, 2.05) is 12.4 Å². The summed E-state index contributed by atoms with van der Waals surface area (Å²) in [4.78, 5) is 15.8. The van der Waals surface area contributed by atoms with Crippen molar-refractivity contribution in [3.8, 4) is 0 Å². The molecule has 0 aromatic rings. The second-order valence-electron chi connectivity index (χ2n) is 4.33. The summed E-state index contributed by atoms with van der Waals surface area (Å²) in [7, 11) is 0. The van der Waals surface area contributed by atoms with E-state index in [-0.39, 0.29) is 5.78 Å². The Kier molecular flexibility index (Phi) is 5.23. The molecule has 0 spiro atoms. The Morgan fingerprint density at radius 3 is 1.56 bits per heavy atom. The van der Waals surface area contributed by atoms with Crippen molar-refractivity contribution in [2.45, 2.75) is 0 Å². The maximum atomic E-state index is 11.6. The average Bonchev–Trinajstić information content (AvgIpc) is 2.45. The van der Waals surface area contributed by atoms with E-state index in [0.29, 0.717) is 0 Å². The highest BCUT2D eigenvalue weighted by Gasteiger charge is 2.07. The van der Waals surface area contributed by atoms with E-state index >= 15 is 0 Å². The predicted molar refractivity (Wildman–Crippen MR) is 68.1 cm³/mol. The van der Waals surface area contributed by atoms with E-state index in [2.05, 4.69) is 9.80 Å². The van der Waals surface area contributed by atoms with Gasteiger partial charge in [-0.3, -0.25) is 4.79 Å². The second kappa shape index (κ2) is 7.18. The Bertz CT molecular complexity index is 286. The summed E-state index contributed by atoms with van der Waals surface area (Å²) in [6.07, 6.45) is 6.94. The Morgan fingerprint density at radius 1 is 0.778 bits per heavy atom. The zero-order valence-corrected chi connectivity index (χ0v) is 10.6. The molecule has 0 atom stereocenters. The number of rotatable bonds is 4. The number of morpholine rings is 2. The van der Waals surface area contributed by atoms with Crippen LogP contribution in [-0.4, -0.2) is 68.2 Å². The molecule has 0 aliphatic carbocycles. The third-order valence-corrected chi connectivity index (χ3v) is 2.99. The van der Waals surface area contributed by atoms with Crippen LogP contribution in [0.15, 0.2) is 24.6 Å². The molecule has 2 aliphatic heterocycles. The van der Waals surface area contributed by atoms with Crippen LogP contribution < -0.4 is 0 Å². The van der Waals surface area contributed by atoms with E-state index in [4.69, 9.17) is 9.47 Å². The van der Waals surface area contributed by atoms with Gasteiger partial charge in [-0.25, -0.2) is 0 Å². The third-order valence-electron chi connectivity index (χ3n) is 2.99. The van der Waals surface area contributed by atoms with Crippen LogP contribution in [0.2, 0.25) is 0 Å². The molecule has 0 saturated carbocycles. The predicted octanol–water partition coefficient (Wildman–Crippen LogP) is 0.247. The molecule has 0 unspecified atom stereocenters. The fraction of sp³-hybridized carbons (Fsp3) is 0.615. The van der Waals surface area contributed by atoms with Gasteiger partial charge < -0.3 is 19.3 Å². The van der Waals surface area contributed by atoms with Crippen LogP contribution >= 0.6 is 0 Å². The van der Waals surface area contributed by atoms with Crippen LogP contribution in [0.1, 0.15) is 0 Å². The zero-order valence-electron chi connectivity index (χ0n) is 10.6. The van der Waals surface area contributed by atoms with Gasteiger partial charge >= 0.3 is 0 Å². The summed E-state index contributed by atoms with van der Waals surface area (Å²) in [5.74, 6) is 0.0213. The van der Waals surface area contributed by atoms with Gasteiger partial charge in [-0.2, -0.15) is 0 Å². The Labute approximate surface area is 108 Å². The van der Waals surface area contributed by atoms with E-state index in [1.54, 1.807) is 12.2 Å². The molecule has 100 valence electrons. The standard InChI is InChI=1S/C13H20N2O3/c16-13(1-3-14-5-9-17-10-6-14)2-4-15-7-11-18-12-8-15/h1-4H,5-12H2. The quantitative estimate of drug-likeness (QED) is 0.671. The first-order valence-corrected chi connectivity index (χ1v) is 6.38. The molecule has 2 aliphatic rings. The summed E-state index contributed by atoms with van der Waals surface area (Å²) < 4.78 is 10.5. The van der Waals surface area contributed by atoms with Gasteiger partial charge in [0.1, 0.15) is 0 Å². The molecule has 0 bridgehead atoms. The molecule has 2 rings (SSSR count). The van der Waals surface area contributed by atoms with Crippen LogP contribution in [-0.2, 0) is 14.3 Å². The molecule has 2 fully saturated rings. The Balaban J connectivity index is 1.73. The lowest BCUT2D eigenvalue weighted by molar-refractivity contribution is -0.110. The minimum Gasteiger partial charge on any atom is -0.378 e. The first-order valence-electron chi connectivity index (χ1n) is 6.38. The molecule has 0 aromatic carbocycles. The lowest BCUT2D eigenvalue weighted by Gasteiger charge is -2.25. The van der Waals surface area contributed by atoms with Gasteiger partial charge in [-0.05, 0) is 0 Å². The number of allylic oxidation sites excluding steroid dienone is 2. The second-order valence-corrected chi connectivity index (χ2v) is 4.33. The fourth-order valence-electron chi connectivity index (χ4n) is 1.87. The molecule has 0 aromatic heterocycles. The molecule has 0 amide bonds. The van der Waals surface area contributed by atoms with Crippen molar-refractivity contribution in [3.05, 3.63) is 24.6 Å². The smallest absolute Gasteiger partial charge is 0.181 e. The highest BCUT2D eigenvalue weighted by atomic mass is 16.5. The van der Waals surface area contributed by atoms with Crippen LogP contribution in [0.5, 0.6) is 0 Å². The fourth-order valence-corrected chi connectivity index (χ4v) is 1.87. The molecule has 0 N–H and O–H groups in total. The van der Waals surface area contributed by atoms with Crippen molar-refractivity contribution in [2.24, 2.45) is 0 Å². The number of carbonyl (C=O) groups is 1. The van der Waals surface area contributed by atoms with Crippen molar-refractivity contribution >= 4 is 5.78 Å². The first-order chi connectivity index (χ1) is 8.84. The molecular formula is C13H20N2O3. The van der Waals surface area contributed by atoms with Gasteiger partial charge in [0.2, 0.25) is 0 Å². The largest absolute Gasteiger partial charge is 0.378 e. The van der Waals surface area contributed by atoms with E-state index in [0.717, 1.165) is 52.6 Å². The van der Waals surface area contributed by atoms with Gasteiger partial charge in [0.05, 0.1) is 26.4 Å². The molecule has 5 nitrogen and oxygen atoms in total. The van der Waals surface area contributed by atoms with Gasteiger partial charge in [-0.1, -0.05) is 0 Å². The maximum Gasteiger partial charge on any atom is 0.181 e. The van der Waals surface area contributed by atoms with Gasteiger partial charge in [0.15, 0.2) is 5.78 Å². The van der Waals surface area contributed by atoms with Gasteiger partial charge in [0, 0.05) is 50.7 Å². The average molecular weight is 252 g/mol. The van der Waals surface area contributed by atoms with Crippen LogP contribution in [0.25, 0.3) is 0 Å². The third kappa shape index (κ3) is 4.50. The molecule has 5 heteroatoms. The summed E-state index contributed by atoms with van der Waals surface area (Å²) in [6, 6.07) is 0. The van der Waals surface area contributed by atoms with E-state index < -0.39 is 0 Å². The van der Waals surface area contributed by atoms with Crippen molar-refractivity contribution < 1.29 is 14.3 Å². The number of nitrogens with zero attached hydrogens (tertiary/aromatic N) is 2. The summed E-state index contributed by atoms with van der Waals surface area (Å²) in [5.41, 5.74) is 0. The van der Waals surface area contributed by atoms with Crippen molar-refractivity contribution in [1.82, 2.24) is 9.80 Å². The number of hydrogen-bond donors (Lipinski definition) is 0. The molecule has 2 saturated heterocycles. The van der Waals surface area contributed by atoms with Crippen molar-refractivity contribution in [2.75, 3.05) is 52.6 Å². The van der Waals surface area contributed by atoms with Crippen molar-refractivity contribution in [1.29, 1.82) is 0 Å². The highest BCUT2D eigenvalue weighted by Crippen LogP contribution is 1.99. The monoisotopic (exact) mass is 252 g/mol. The first kappa shape index (κ1) is 13.1. The van der Waals surface area contributed by atoms with Crippen LogP contribution in [0.4, 0.5) is 0 Å². The molecule has 2 heterocycles. The summed E-state index contributed by atoms with van der Waals surface area (Å²) >= 11 is 0. The summed E-state index contributed by atoms with van der Waals surface area (Å²) in [5, 5.41) is 0. The maximum absolute atomic E-state index is 11.6. The zero-order chi connectivity index (χ0) is 12.6. The number of ketones is 1. The van der Waals surface area contributed by atoms with Crippen LogP contribution in [0, 0.1) is 0 Å². The van der Waals surface area contributed by atoms with E-state index in [1.165, 1.54) is 0 Å². The van der Waals surface area contributed by atoms with Crippen molar-refractivity contribution in [3.63, 3.8) is 0 Å². The Hall–Kier alpha value is -1.33. The van der Waals surface area contributed by atoms with Crippen LogP contribution in [0.3, 0.4) is 0 Å². The summed E-state index contributed by atoms with van der Waals surface area (Å²) in [6.45, 7) is 6.39. The van der Waals surface area contributed by atoms with Gasteiger partial charge in [-0.15, -0.1) is 0 Å². The lowest BCUT2D eigenvalue weighted by atomic mass is 10.3. The number of ether oxygens (including phenoxy) is 2. The van der Waals surface area contributed by atoms with E-state index in [9.17, 15) is 4.79 Å². The lowest BCUT2D eigenvalue weighted by Crippen LogP contribution is -2.32. The molecule has 18 heavy (non-hydrogen) atoms. The topological polar surface area (TPSA) is 42.0 Å².